The standard InChI is InChI=1S/C23H32N4O3/c1-28-20-14-19-22(26-23(20)29-2)21(17-4-3-5-18(17)25-19)24-15-6-10-27(11-7-15)16-8-12-30-13-9-16/h14-16H,3-13H2,1-2H3,(H,24,25). The molecule has 4 heterocycles. The highest BCUT2D eigenvalue weighted by Crippen LogP contribution is 2.38. The van der Waals surface area contributed by atoms with Gasteiger partial charge in [-0.3, -0.25) is 4.98 Å². The average Bonchev–Trinajstić information content (AvgIpc) is 3.27. The highest BCUT2D eigenvalue weighted by molar-refractivity contribution is 5.92. The molecular weight excluding hydrogens is 380 g/mol. The van der Waals surface area contributed by atoms with Gasteiger partial charge in [0.25, 0.3) is 5.88 Å². The molecule has 0 spiro atoms. The molecule has 5 rings (SSSR count). The van der Waals surface area contributed by atoms with Gasteiger partial charge in [0.15, 0.2) is 5.75 Å². The molecule has 0 radical (unpaired) electrons. The lowest BCUT2D eigenvalue weighted by atomic mass is 9.99. The van der Waals surface area contributed by atoms with Gasteiger partial charge < -0.3 is 24.4 Å². The van der Waals surface area contributed by atoms with Crippen molar-refractivity contribution in [1.82, 2.24) is 14.9 Å². The molecule has 0 saturated carbocycles. The second-order valence-electron chi connectivity index (χ2n) is 8.63. The molecule has 7 heteroatoms. The number of aromatic nitrogens is 2. The van der Waals surface area contributed by atoms with Crippen molar-refractivity contribution in [2.45, 2.75) is 57.0 Å². The summed E-state index contributed by atoms with van der Waals surface area (Å²) < 4.78 is 16.5. The summed E-state index contributed by atoms with van der Waals surface area (Å²) in [7, 11) is 3.28. The van der Waals surface area contributed by atoms with Crippen molar-refractivity contribution in [2.24, 2.45) is 0 Å². The van der Waals surface area contributed by atoms with Crippen LogP contribution in [0.15, 0.2) is 6.07 Å². The van der Waals surface area contributed by atoms with Gasteiger partial charge in [0, 0.05) is 50.1 Å². The Bertz CT molecular complexity index is 905. The van der Waals surface area contributed by atoms with E-state index < -0.39 is 0 Å². The maximum atomic E-state index is 5.54. The Morgan fingerprint density at radius 3 is 2.57 bits per heavy atom. The smallest absolute Gasteiger partial charge is 0.257 e. The molecule has 0 atom stereocenters. The zero-order valence-electron chi connectivity index (χ0n) is 18.1. The van der Waals surface area contributed by atoms with Gasteiger partial charge in [-0.15, -0.1) is 0 Å². The molecule has 0 amide bonds. The van der Waals surface area contributed by atoms with E-state index in [4.69, 9.17) is 24.2 Å². The third-order valence-electron chi connectivity index (χ3n) is 6.92. The number of nitrogens with one attached hydrogen (secondary N) is 1. The molecule has 0 unspecified atom stereocenters. The number of ether oxygens (including phenoxy) is 3. The van der Waals surface area contributed by atoms with E-state index in [9.17, 15) is 0 Å². The molecule has 1 aliphatic carbocycles. The maximum absolute atomic E-state index is 5.54. The third kappa shape index (κ3) is 3.69. The first kappa shape index (κ1) is 19.8. The van der Waals surface area contributed by atoms with Gasteiger partial charge in [0.05, 0.1) is 25.4 Å². The minimum Gasteiger partial charge on any atom is -0.491 e. The maximum Gasteiger partial charge on any atom is 0.257 e. The van der Waals surface area contributed by atoms with E-state index in [-0.39, 0.29) is 0 Å². The van der Waals surface area contributed by atoms with Crippen LogP contribution in [0.2, 0.25) is 0 Å². The summed E-state index contributed by atoms with van der Waals surface area (Å²) in [5.41, 5.74) is 5.50. The number of piperidine rings is 1. The first-order chi connectivity index (χ1) is 14.8. The highest BCUT2D eigenvalue weighted by Gasteiger charge is 2.29. The number of nitrogens with zero attached hydrogens (tertiary/aromatic N) is 3. The zero-order chi connectivity index (χ0) is 20.5. The molecule has 7 nitrogen and oxygen atoms in total. The number of hydrogen-bond donors (Lipinski definition) is 1. The van der Waals surface area contributed by atoms with Gasteiger partial charge in [-0.2, -0.15) is 0 Å². The average molecular weight is 413 g/mol. The molecule has 3 aliphatic rings. The van der Waals surface area contributed by atoms with Crippen molar-refractivity contribution >= 4 is 16.7 Å². The second-order valence-corrected chi connectivity index (χ2v) is 8.63. The normalized spacial score (nSPS) is 21.0. The van der Waals surface area contributed by atoms with E-state index in [1.54, 1.807) is 14.2 Å². The van der Waals surface area contributed by atoms with Crippen molar-refractivity contribution < 1.29 is 14.2 Å². The van der Waals surface area contributed by atoms with Gasteiger partial charge in [-0.05, 0) is 50.5 Å². The lowest BCUT2D eigenvalue weighted by Gasteiger charge is -2.39. The Morgan fingerprint density at radius 1 is 1.03 bits per heavy atom. The Balaban J connectivity index is 1.40. The van der Waals surface area contributed by atoms with Gasteiger partial charge in [-0.25, -0.2) is 4.98 Å². The van der Waals surface area contributed by atoms with E-state index in [1.807, 2.05) is 6.07 Å². The van der Waals surface area contributed by atoms with Crippen molar-refractivity contribution in [3.05, 3.63) is 17.3 Å². The lowest BCUT2D eigenvalue weighted by molar-refractivity contribution is 0.0262. The Kier molecular flexibility index (Phi) is 5.65. The van der Waals surface area contributed by atoms with Crippen molar-refractivity contribution in [1.29, 1.82) is 0 Å². The Morgan fingerprint density at radius 2 is 1.83 bits per heavy atom. The number of aryl methyl sites for hydroxylation is 1. The number of hydrogen-bond acceptors (Lipinski definition) is 7. The molecule has 2 saturated heterocycles. The molecule has 2 aliphatic heterocycles. The fraction of sp³-hybridized carbons (Fsp3) is 0.652. The van der Waals surface area contributed by atoms with Crippen LogP contribution in [0.5, 0.6) is 11.6 Å². The van der Waals surface area contributed by atoms with Crippen molar-refractivity contribution in [3.63, 3.8) is 0 Å². The first-order valence-corrected chi connectivity index (χ1v) is 11.3. The van der Waals surface area contributed by atoms with Crippen LogP contribution >= 0.6 is 0 Å². The summed E-state index contributed by atoms with van der Waals surface area (Å²) in [6.07, 6.45) is 7.92. The molecule has 30 heavy (non-hydrogen) atoms. The highest BCUT2D eigenvalue weighted by atomic mass is 16.5. The number of methoxy groups -OCH3 is 2. The van der Waals surface area contributed by atoms with Crippen LogP contribution in [0.3, 0.4) is 0 Å². The predicted octanol–water partition coefficient (Wildman–Crippen LogP) is 3.19. The summed E-state index contributed by atoms with van der Waals surface area (Å²) >= 11 is 0. The van der Waals surface area contributed by atoms with Crippen LogP contribution in [0, 0.1) is 0 Å². The topological polar surface area (TPSA) is 68.7 Å². The van der Waals surface area contributed by atoms with Crippen molar-refractivity contribution in [3.8, 4) is 11.6 Å². The van der Waals surface area contributed by atoms with Crippen LogP contribution in [-0.2, 0) is 17.6 Å². The second kappa shape index (κ2) is 8.55. The number of anilines is 1. The van der Waals surface area contributed by atoms with E-state index in [1.165, 1.54) is 24.1 Å². The predicted molar refractivity (Wildman–Crippen MR) is 117 cm³/mol. The van der Waals surface area contributed by atoms with Gasteiger partial charge >= 0.3 is 0 Å². The summed E-state index contributed by atoms with van der Waals surface area (Å²) in [6, 6.07) is 3.12. The van der Waals surface area contributed by atoms with Crippen LogP contribution < -0.4 is 14.8 Å². The quantitative estimate of drug-likeness (QED) is 0.809. The van der Waals surface area contributed by atoms with E-state index in [2.05, 4.69) is 10.2 Å². The molecular formula is C23H32N4O3. The monoisotopic (exact) mass is 412 g/mol. The molecule has 0 bridgehead atoms. The lowest BCUT2D eigenvalue weighted by Crippen LogP contribution is -2.46. The number of pyridine rings is 2. The fourth-order valence-corrected chi connectivity index (χ4v) is 5.26. The SMILES string of the molecule is COc1cc2nc3c(c(NC4CCN(C5CCOCC5)CC4)c2nc1OC)CCC3. The van der Waals surface area contributed by atoms with Gasteiger partial charge in [0.1, 0.15) is 5.52 Å². The van der Waals surface area contributed by atoms with E-state index >= 15 is 0 Å². The van der Waals surface area contributed by atoms with Crippen molar-refractivity contribution in [2.75, 3.05) is 45.8 Å². The summed E-state index contributed by atoms with van der Waals surface area (Å²) in [5, 5.41) is 3.89. The minimum absolute atomic E-state index is 0.464. The molecule has 2 aromatic heterocycles. The number of rotatable bonds is 5. The van der Waals surface area contributed by atoms with E-state index in [0.717, 1.165) is 75.1 Å². The summed E-state index contributed by atoms with van der Waals surface area (Å²) in [4.78, 5) is 12.4. The van der Waals surface area contributed by atoms with Crippen LogP contribution in [0.4, 0.5) is 5.69 Å². The molecule has 162 valence electrons. The molecule has 0 aromatic carbocycles. The summed E-state index contributed by atoms with van der Waals surface area (Å²) in [6.45, 7) is 4.13. The van der Waals surface area contributed by atoms with Crippen LogP contribution in [0.25, 0.3) is 11.0 Å². The Labute approximate surface area is 178 Å². The number of fused-ring (bicyclic) bond motifs is 2. The van der Waals surface area contributed by atoms with Gasteiger partial charge in [-0.1, -0.05) is 0 Å². The largest absolute Gasteiger partial charge is 0.491 e. The zero-order valence-corrected chi connectivity index (χ0v) is 18.1. The number of likely N-dealkylation sites (tertiary alicyclic amines) is 1. The molecule has 1 N–H and O–H groups in total. The minimum atomic E-state index is 0.464. The summed E-state index contributed by atoms with van der Waals surface area (Å²) in [5.74, 6) is 1.15. The first-order valence-electron chi connectivity index (χ1n) is 11.3. The third-order valence-corrected chi connectivity index (χ3v) is 6.92. The molecule has 2 fully saturated rings. The van der Waals surface area contributed by atoms with Crippen LogP contribution in [-0.4, -0.2) is 67.5 Å². The van der Waals surface area contributed by atoms with E-state index in [0.29, 0.717) is 23.7 Å². The van der Waals surface area contributed by atoms with Crippen LogP contribution in [0.1, 0.15) is 43.4 Å². The van der Waals surface area contributed by atoms with Gasteiger partial charge in [0.2, 0.25) is 0 Å². The Hall–Kier alpha value is -2.12. The fourth-order valence-electron chi connectivity index (χ4n) is 5.26. The molecule has 2 aromatic rings.